The van der Waals surface area contributed by atoms with E-state index < -0.39 is 17.5 Å². The van der Waals surface area contributed by atoms with E-state index in [2.05, 4.69) is 20.6 Å². The van der Waals surface area contributed by atoms with Gasteiger partial charge < -0.3 is 10.6 Å². The molecule has 0 radical (unpaired) electrons. The maximum absolute atomic E-state index is 13.7. The van der Waals surface area contributed by atoms with E-state index in [1.165, 1.54) is 12.4 Å². The molecule has 3 aromatic rings. The minimum Gasteiger partial charge on any atom is -0.340 e. The normalized spacial score (nSPS) is 10.5. The van der Waals surface area contributed by atoms with Gasteiger partial charge in [-0.3, -0.25) is 0 Å². The van der Waals surface area contributed by atoms with E-state index in [1.807, 2.05) is 31.2 Å². The van der Waals surface area contributed by atoms with Crippen molar-refractivity contribution in [1.29, 1.82) is 0 Å². The molecular formula is C17H13F3N4. The maximum atomic E-state index is 13.7. The van der Waals surface area contributed by atoms with Gasteiger partial charge in [0.05, 0.1) is 5.69 Å². The summed E-state index contributed by atoms with van der Waals surface area (Å²) in [5.41, 5.74) is 1.67. The number of rotatable bonds is 4. The predicted molar refractivity (Wildman–Crippen MR) is 86.1 cm³/mol. The van der Waals surface area contributed by atoms with Crippen molar-refractivity contribution in [3.8, 4) is 0 Å². The lowest BCUT2D eigenvalue weighted by atomic mass is 10.2. The summed E-state index contributed by atoms with van der Waals surface area (Å²) in [6.45, 7) is 1.94. The summed E-state index contributed by atoms with van der Waals surface area (Å²) in [4.78, 5) is 8.03. The van der Waals surface area contributed by atoms with Gasteiger partial charge in [0.25, 0.3) is 0 Å². The van der Waals surface area contributed by atoms with E-state index in [0.29, 0.717) is 5.82 Å². The molecule has 0 aliphatic carbocycles. The van der Waals surface area contributed by atoms with Gasteiger partial charge >= 0.3 is 0 Å². The number of nitrogens with one attached hydrogen (secondary N) is 2. The van der Waals surface area contributed by atoms with Crippen molar-refractivity contribution >= 4 is 23.0 Å². The summed E-state index contributed by atoms with van der Waals surface area (Å²) < 4.78 is 39.9. The third-order valence-corrected chi connectivity index (χ3v) is 3.37. The first-order valence-electron chi connectivity index (χ1n) is 7.10. The molecule has 2 N–H and O–H groups in total. The zero-order valence-corrected chi connectivity index (χ0v) is 12.6. The molecular weight excluding hydrogens is 317 g/mol. The molecule has 2 aromatic carbocycles. The predicted octanol–water partition coefficient (Wildman–Crippen LogP) is 4.69. The fourth-order valence-corrected chi connectivity index (χ4v) is 2.11. The second-order valence-corrected chi connectivity index (χ2v) is 5.08. The molecule has 3 rings (SSSR count). The molecule has 0 aliphatic rings. The lowest BCUT2D eigenvalue weighted by Gasteiger charge is -2.11. The van der Waals surface area contributed by atoms with Crippen molar-refractivity contribution < 1.29 is 13.2 Å². The van der Waals surface area contributed by atoms with E-state index in [-0.39, 0.29) is 11.5 Å². The largest absolute Gasteiger partial charge is 0.340 e. The summed E-state index contributed by atoms with van der Waals surface area (Å²) in [5, 5.41) is 5.72. The number of aryl methyl sites for hydroxylation is 1. The van der Waals surface area contributed by atoms with E-state index in [9.17, 15) is 13.2 Å². The number of aromatic nitrogens is 2. The van der Waals surface area contributed by atoms with Crippen molar-refractivity contribution in [1.82, 2.24) is 9.97 Å². The Labute approximate surface area is 136 Å². The molecule has 0 spiro atoms. The van der Waals surface area contributed by atoms with E-state index in [0.717, 1.165) is 23.4 Å². The fourth-order valence-electron chi connectivity index (χ4n) is 2.11. The molecule has 0 unspecified atom stereocenters. The maximum Gasteiger partial charge on any atom is 0.196 e. The zero-order valence-electron chi connectivity index (χ0n) is 12.6. The number of para-hydroxylation sites is 1. The molecule has 0 fully saturated rings. The summed E-state index contributed by atoms with van der Waals surface area (Å²) >= 11 is 0. The van der Waals surface area contributed by atoms with E-state index in [4.69, 9.17) is 0 Å². The Kier molecular flexibility index (Phi) is 4.33. The molecule has 0 saturated heterocycles. The molecule has 0 saturated carbocycles. The Hall–Kier alpha value is -3.09. The first-order valence-corrected chi connectivity index (χ1v) is 7.10. The van der Waals surface area contributed by atoms with Gasteiger partial charge in [-0.15, -0.1) is 0 Å². The van der Waals surface area contributed by atoms with Crippen LogP contribution >= 0.6 is 0 Å². The van der Waals surface area contributed by atoms with Crippen molar-refractivity contribution in [3.05, 3.63) is 71.8 Å². The van der Waals surface area contributed by atoms with Gasteiger partial charge in [-0.25, -0.2) is 23.1 Å². The quantitative estimate of drug-likeness (QED) is 0.682. The second-order valence-electron chi connectivity index (χ2n) is 5.08. The van der Waals surface area contributed by atoms with Gasteiger partial charge in [-0.05, 0) is 30.7 Å². The first-order chi connectivity index (χ1) is 11.5. The number of nitrogens with zero attached hydrogens (tertiary/aromatic N) is 2. The van der Waals surface area contributed by atoms with Crippen molar-refractivity contribution in [2.45, 2.75) is 6.92 Å². The van der Waals surface area contributed by atoms with Crippen molar-refractivity contribution in [3.63, 3.8) is 0 Å². The molecule has 4 nitrogen and oxygen atoms in total. The molecule has 122 valence electrons. The van der Waals surface area contributed by atoms with Gasteiger partial charge in [0.2, 0.25) is 0 Å². The van der Waals surface area contributed by atoms with Crippen LogP contribution in [0.4, 0.5) is 36.2 Å². The summed E-state index contributed by atoms with van der Waals surface area (Å²) in [6, 6.07) is 11.1. The van der Waals surface area contributed by atoms with Crippen LogP contribution in [-0.2, 0) is 0 Å². The Morgan fingerprint density at radius 3 is 2.17 bits per heavy atom. The highest BCUT2D eigenvalue weighted by Gasteiger charge is 2.14. The van der Waals surface area contributed by atoms with Crippen molar-refractivity contribution in [2.75, 3.05) is 10.6 Å². The highest BCUT2D eigenvalue weighted by atomic mass is 19.2. The third kappa shape index (κ3) is 3.29. The standard InChI is InChI=1S/C17H13F3N4/c1-10-4-2-3-5-12(10)23-14-8-15(22-9-21-14)24-13-7-6-11(18)16(19)17(13)20/h2-9H,1H3,(H2,21,22,23,24). The second kappa shape index (κ2) is 6.57. The Morgan fingerprint density at radius 1 is 0.792 bits per heavy atom. The fraction of sp³-hybridized carbons (Fsp3) is 0.0588. The molecule has 24 heavy (non-hydrogen) atoms. The highest BCUT2D eigenvalue weighted by molar-refractivity contribution is 5.64. The average Bonchev–Trinajstić information content (AvgIpc) is 2.58. The van der Waals surface area contributed by atoms with Gasteiger partial charge in [-0.2, -0.15) is 0 Å². The first kappa shape index (κ1) is 15.8. The van der Waals surface area contributed by atoms with Crippen LogP contribution in [0, 0.1) is 24.4 Å². The Morgan fingerprint density at radius 2 is 1.46 bits per heavy atom. The summed E-state index contributed by atoms with van der Waals surface area (Å²) in [7, 11) is 0. The summed E-state index contributed by atoms with van der Waals surface area (Å²) in [5.74, 6) is -3.37. The minimum atomic E-state index is -1.53. The lowest BCUT2D eigenvalue weighted by molar-refractivity contribution is 0.449. The van der Waals surface area contributed by atoms with E-state index >= 15 is 0 Å². The molecule has 1 aromatic heterocycles. The van der Waals surface area contributed by atoms with Crippen molar-refractivity contribution in [2.24, 2.45) is 0 Å². The Bertz CT molecular complexity index is 883. The number of anilines is 4. The molecule has 7 heteroatoms. The monoisotopic (exact) mass is 330 g/mol. The van der Waals surface area contributed by atoms with Gasteiger partial charge in [0.15, 0.2) is 17.5 Å². The molecule has 0 bridgehead atoms. The van der Waals surface area contributed by atoms with Crippen LogP contribution < -0.4 is 10.6 Å². The smallest absolute Gasteiger partial charge is 0.196 e. The molecule has 0 atom stereocenters. The molecule has 1 heterocycles. The van der Waals surface area contributed by atoms with Crippen LogP contribution in [0.3, 0.4) is 0 Å². The lowest BCUT2D eigenvalue weighted by Crippen LogP contribution is -2.02. The topological polar surface area (TPSA) is 49.8 Å². The zero-order chi connectivity index (χ0) is 17.1. The highest BCUT2D eigenvalue weighted by Crippen LogP contribution is 2.24. The SMILES string of the molecule is Cc1ccccc1Nc1cc(Nc2ccc(F)c(F)c2F)ncn1. The average molecular weight is 330 g/mol. The van der Waals surface area contributed by atoms with Crippen LogP contribution in [-0.4, -0.2) is 9.97 Å². The number of halogens is 3. The Balaban J connectivity index is 1.84. The van der Waals surface area contributed by atoms with Crippen LogP contribution in [0.5, 0.6) is 0 Å². The van der Waals surface area contributed by atoms with Crippen LogP contribution in [0.2, 0.25) is 0 Å². The van der Waals surface area contributed by atoms with Crippen LogP contribution in [0.15, 0.2) is 48.8 Å². The van der Waals surface area contributed by atoms with Gasteiger partial charge in [-0.1, -0.05) is 18.2 Å². The van der Waals surface area contributed by atoms with E-state index in [1.54, 1.807) is 0 Å². The summed E-state index contributed by atoms with van der Waals surface area (Å²) in [6.07, 6.45) is 1.28. The van der Waals surface area contributed by atoms with Gasteiger partial charge in [0, 0.05) is 11.8 Å². The van der Waals surface area contributed by atoms with Crippen LogP contribution in [0.1, 0.15) is 5.56 Å². The number of hydrogen-bond acceptors (Lipinski definition) is 4. The molecule has 0 amide bonds. The number of hydrogen-bond donors (Lipinski definition) is 2. The van der Waals surface area contributed by atoms with Crippen LogP contribution in [0.25, 0.3) is 0 Å². The number of benzene rings is 2. The minimum absolute atomic E-state index is 0.213. The van der Waals surface area contributed by atoms with Gasteiger partial charge in [0.1, 0.15) is 18.0 Å². The third-order valence-electron chi connectivity index (χ3n) is 3.37. The molecule has 0 aliphatic heterocycles.